The number of aromatic nitrogens is 3. The number of anilines is 4. The Hall–Kier alpha value is -3.69. The normalized spacial score (nSPS) is 10.9. The summed E-state index contributed by atoms with van der Waals surface area (Å²) >= 11 is 0. The van der Waals surface area contributed by atoms with Crippen molar-refractivity contribution >= 4 is 29.4 Å². The van der Waals surface area contributed by atoms with Gasteiger partial charge in [0.15, 0.2) is 0 Å². The second-order valence-corrected chi connectivity index (χ2v) is 5.17. The molecule has 3 N–H and O–H groups in total. The van der Waals surface area contributed by atoms with Crippen LogP contribution >= 0.6 is 0 Å². The smallest absolute Gasteiger partial charge is 0.406 e. The first-order chi connectivity index (χ1) is 12.9. The van der Waals surface area contributed by atoms with Crippen LogP contribution in [-0.4, -0.2) is 27.5 Å². The molecule has 0 saturated heterocycles. The summed E-state index contributed by atoms with van der Waals surface area (Å²) < 4.78 is 40.5. The van der Waals surface area contributed by atoms with Gasteiger partial charge in [0.25, 0.3) is 0 Å². The zero-order chi connectivity index (χ0) is 19.3. The number of ether oxygens (including phenoxy) is 1. The Morgan fingerprint density at radius 2 is 1.63 bits per heavy atom. The van der Waals surface area contributed by atoms with Crippen molar-refractivity contribution in [3.05, 3.63) is 60.6 Å². The van der Waals surface area contributed by atoms with Crippen LogP contribution in [0.15, 0.2) is 55.0 Å². The Kier molecular flexibility index (Phi) is 5.15. The van der Waals surface area contributed by atoms with E-state index in [-0.39, 0.29) is 5.75 Å². The molecule has 1 aromatic carbocycles. The molecule has 3 aromatic rings. The van der Waals surface area contributed by atoms with Gasteiger partial charge in [0.2, 0.25) is 0 Å². The molecule has 3 rings (SSSR count). The topological polar surface area (TPSA) is 95.8 Å². The minimum absolute atomic E-state index is 0.308. The zero-order valence-corrected chi connectivity index (χ0v) is 13.7. The van der Waals surface area contributed by atoms with E-state index in [2.05, 4.69) is 30.3 Å². The van der Waals surface area contributed by atoms with Gasteiger partial charge in [-0.3, -0.25) is 0 Å². The number of nitrogens with zero attached hydrogens (tertiary/aromatic N) is 3. The van der Waals surface area contributed by atoms with Crippen LogP contribution in [0.5, 0.6) is 5.75 Å². The first kappa shape index (κ1) is 18.1. The van der Waals surface area contributed by atoms with E-state index in [9.17, 15) is 13.2 Å². The molecule has 0 aliphatic rings. The Labute approximate surface area is 151 Å². The summed E-state index contributed by atoms with van der Waals surface area (Å²) in [4.78, 5) is 12.3. The summed E-state index contributed by atoms with van der Waals surface area (Å²) in [6.07, 6.45) is -0.783. The molecule has 27 heavy (non-hydrogen) atoms. The average molecular weight is 374 g/mol. The molecule has 0 saturated carbocycles. The van der Waals surface area contributed by atoms with Crippen LogP contribution < -0.4 is 15.4 Å². The molecule has 0 amide bonds. The van der Waals surface area contributed by atoms with E-state index in [1.54, 1.807) is 24.4 Å². The molecular weight excluding hydrogens is 361 g/mol. The second-order valence-electron chi connectivity index (χ2n) is 5.17. The van der Waals surface area contributed by atoms with Gasteiger partial charge in [-0.25, -0.2) is 15.0 Å². The van der Waals surface area contributed by atoms with E-state index in [1.807, 2.05) is 0 Å². The van der Waals surface area contributed by atoms with Crippen molar-refractivity contribution < 1.29 is 17.9 Å². The third-order valence-electron chi connectivity index (χ3n) is 3.29. The maximum Gasteiger partial charge on any atom is 0.573 e. The van der Waals surface area contributed by atoms with E-state index in [4.69, 9.17) is 5.41 Å². The fourth-order valence-corrected chi connectivity index (χ4v) is 2.17. The second kappa shape index (κ2) is 7.68. The minimum atomic E-state index is -4.75. The van der Waals surface area contributed by atoms with Gasteiger partial charge in [0.1, 0.15) is 29.5 Å². The Morgan fingerprint density at radius 3 is 2.22 bits per heavy atom. The van der Waals surface area contributed by atoms with Gasteiger partial charge in [-0.05, 0) is 36.4 Å². The van der Waals surface area contributed by atoms with Gasteiger partial charge in [-0.2, -0.15) is 0 Å². The first-order valence-corrected chi connectivity index (χ1v) is 7.61. The number of pyridine rings is 1. The molecule has 10 heteroatoms. The Morgan fingerprint density at radius 1 is 0.926 bits per heavy atom. The molecule has 0 radical (unpaired) electrons. The predicted molar refractivity (Wildman–Crippen MR) is 93.8 cm³/mol. The molecule has 0 aliphatic carbocycles. The highest BCUT2D eigenvalue weighted by atomic mass is 19.4. The lowest BCUT2D eigenvalue weighted by Crippen LogP contribution is -2.17. The molecule has 0 unspecified atom stereocenters. The van der Waals surface area contributed by atoms with Crippen LogP contribution in [0.25, 0.3) is 0 Å². The maximum atomic E-state index is 12.2. The standard InChI is InChI=1S/C17H13F3N6O/c18-17(19,20)27-12-6-4-11(5-7-12)25-15-13(9-21)16(24-10-23-15)26-14-3-1-2-8-22-14/h1-10,21H,(H2,22,23,24,25,26). The molecule has 0 aliphatic heterocycles. The fourth-order valence-electron chi connectivity index (χ4n) is 2.17. The van der Waals surface area contributed by atoms with Crippen molar-refractivity contribution in [2.75, 3.05) is 10.6 Å². The lowest BCUT2D eigenvalue weighted by atomic mass is 10.2. The van der Waals surface area contributed by atoms with Crippen LogP contribution in [0.2, 0.25) is 0 Å². The van der Waals surface area contributed by atoms with E-state index in [1.165, 1.54) is 30.6 Å². The highest BCUT2D eigenvalue weighted by Gasteiger charge is 2.30. The number of halogens is 3. The molecule has 0 bridgehead atoms. The minimum Gasteiger partial charge on any atom is -0.406 e. The summed E-state index contributed by atoms with van der Waals surface area (Å²) in [5, 5.41) is 13.6. The van der Waals surface area contributed by atoms with Crippen LogP contribution in [0, 0.1) is 5.41 Å². The quantitative estimate of drug-likeness (QED) is 0.558. The average Bonchev–Trinajstić information content (AvgIpc) is 2.63. The lowest BCUT2D eigenvalue weighted by Gasteiger charge is -2.13. The molecule has 2 aromatic heterocycles. The van der Waals surface area contributed by atoms with Crippen molar-refractivity contribution in [3.8, 4) is 5.75 Å². The SMILES string of the molecule is N=Cc1c(Nc2ccc(OC(F)(F)F)cc2)ncnc1Nc1ccccn1. The van der Waals surface area contributed by atoms with E-state index < -0.39 is 6.36 Å². The van der Waals surface area contributed by atoms with Crippen LogP contribution in [-0.2, 0) is 0 Å². The molecular formula is C17H13F3N6O. The van der Waals surface area contributed by atoms with Crippen LogP contribution in [0.3, 0.4) is 0 Å². The van der Waals surface area contributed by atoms with Crippen molar-refractivity contribution in [2.45, 2.75) is 6.36 Å². The lowest BCUT2D eigenvalue weighted by molar-refractivity contribution is -0.274. The van der Waals surface area contributed by atoms with Gasteiger partial charge in [-0.1, -0.05) is 6.07 Å². The van der Waals surface area contributed by atoms with Gasteiger partial charge in [-0.15, -0.1) is 13.2 Å². The van der Waals surface area contributed by atoms with Gasteiger partial charge in [0, 0.05) is 18.1 Å². The van der Waals surface area contributed by atoms with Crippen molar-refractivity contribution in [2.24, 2.45) is 0 Å². The number of benzene rings is 1. The van der Waals surface area contributed by atoms with Gasteiger partial charge < -0.3 is 20.8 Å². The van der Waals surface area contributed by atoms with Crippen LogP contribution in [0.4, 0.5) is 36.3 Å². The molecule has 7 nitrogen and oxygen atoms in total. The molecule has 138 valence electrons. The Bertz CT molecular complexity index is 916. The molecule has 0 spiro atoms. The zero-order valence-electron chi connectivity index (χ0n) is 13.7. The predicted octanol–water partition coefficient (Wildman–Crippen LogP) is 4.26. The summed E-state index contributed by atoms with van der Waals surface area (Å²) in [6.45, 7) is 0. The third kappa shape index (κ3) is 4.91. The fraction of sp³-hybridized carbons (Fsp3) is 0.0588. The number of hydrogen-bond donors (Lipinski definition) is 3. The summed E-state index contributed by atoms with van der Waals surface area (Å²) in [5.41, 5.74) is 0.828. The summed E-state index contributed by atoms with van der Waals surface area (Å²) in [5.74, 6) is 0.876. The maximum absolute atomic E-state index is 12.2. The third-order valence-corrected chi connectivity index (χ3v) is 3.29. The van der Waals surface area contributed by atoms with Crippen molar-refractivity contribution in [3.63, 3.8) is 0 Å². The number of nitrogens with one attached hydrogen (secondary N) is 3. The molecule has 2 heterocycles. The summed E-state index contributed by atoms with van der Waals surface area (Å²) in [6, 6.07) is 10.5. The highest BCUT2D eigenvalue weighted by molar-refractivity contribution is 5.92. The van der Waals surface area contributed by atoms with E-state index in [0.717, 1.165) is 6.21 Å². The van der Waals surface area contributed by atoms with Gasteiger partial charge in [0.05, 0.1) is 5.56 Å². The number of rotatable bonds is 6. The largest absolute Gasteiger partial charge is 0.573 e. The monoisotopic (exact) mass is 374 g/mol. The Balaban J connectivity index is 1.80. The number of hydrogen-bond acceptors (Lipinski definition) is 7. The van der Waals surface area contributed by atoms with Crippen LogP contribution in [0.1, 0.15) is 5.56 Å². The molecule has 0 atom stereocenters. The highest BCUT2D eigenvalue weighted by Crippen LogP contribution is 2.27. The van der Waals surface area contributed by atoms with E-state index in [0.29, 0.717) is 28.7 Å². The number of alkyl halides is 3. The molecule has 0 fully saturated rings. The van der Waals surface area contributed by atoms with Crippen molar-refractivity contribution in [1.82, 2.24) is 15.0 Å². The summed E-state index contributed by atoms with van der Waals surface area (Å²) in [7, 11) is 0. The van der Waals surface area contributed by atoms with Crippen molar-refractivity contribution in [1.29, 1.82) is 5.41 Å². The first-order valence-electron chi connectivity index (χ1n) is 7.61. The van der Waals surface area contributed by atoms with Gasteiger partial charge >= 0.3 is 6.36 Å². The van der Waals surface area contributed by atoms with E-state index >= 15 is 0 Å².